The van der Waals surface area contributed by atoms with Crippen LogP contribution in [0.4, 0.5) is 24.5 Å². The number of nitrogens with two attached hydrogens (primary N) is 1. The Balaban J connectivity index is 2.20. The highest BCUT2D eigenvalue weighted by atomic mass is 32.1. The third-order valence-corrected chi connectivity index (χ3v) is 3.41. The van der Waals surface area contributed by atoms with Crippen molar-refractivity contribution < 1.29 is 13.2 Å². The molecule has 0 unspecified atom stereocenters. The lowest BCUT2D eigenvalue weighted by Crippen LogP contribution is -2.11. The number of aromatic nitrogens is 1. The molecule has 19 heavy (non-hydrogen) atoms. The largest absolute Gasteiger partial charge is 0.418 e. The molecule has 0 radical (unpaired) electrons. The molecular formula is C12H12F3N3S. The molecule has 2 aromatic rings. The molecule has 0 aliphatic carbocycles. The van der Waals surface area contributed by atoms with Crippen molar-refractivity contribution in [2.45, 2.75) is 19.6 Å². The Kier molecular flexibility index (Phi) is 3.66. The third kappa shape index (κ3) is 3.37. The van der Waals surface area contributed by atoms with Crippen molar-refractivity contribution in [3.63, 3.8) is 0 Å². The van der Waals surface area contributed by atoms with Crippen molar-refractivity contribution in [2.75, 3.05) is 11.1 Å². The highest BCUT2D eigenvalue weighted by Gasteiger charge is 2.33. The minimum absolute atomic E-state index is 0.00885. The summed E-state index contributed by atoms with van der Waals surface area (Å²) in [4.78, 5) is 4.19. The highest BCUT2D eigenvalue weighted by molar-refractivity contribution is 7.09. The standard InChI is InChI=1S/C12H12F3N3S/c1-7-6-19-11(18-7)5-17-10-3-2-8(16)4-9(10)12(13,14)15/h2-4,6,17H,5,16H2,1H3. The van der Waals surface area contributed by atoms with E-state index in [1.165, 1.54) is 23.5 Å². The van der Waals surface area contributed by atoms with Gasteiger partial charge in [0.1, 0.15) is 5.01 Å². The maximum Gasteiger partial charge on any atom is 0.418 e. The van der Waals surface area contributed by atoms with Crippen LogP contribution < -0.4 is 11.1 Å². The number of nitrogen functional groups attached to an aromatic ring is 1. The fourth-order valence-electron chi connectivity index (χ4n) is 1.61. The van der Waals surface area contributed by atoms with E-state index in [-0.39, 0.29) is 17.9 Å². The van der Waals surface area contributed by atoms with Gasteiger partial charge >= 0.3 is 6.18 Å². The van der Waals surface area contributed by atoms with Crippen LogP contribution in [-0.4, -0.2) is 4.98 Å². The molecule has 3 nitrogen and oxygen atoms in total. The first-order chi connectivity index (χ1) is 8.86. The number of thiazole rings is 1. The number of halogens is 3. The van der Waals surface area contributed by atoms with Gasteiger partial charge in [-0.05, 0) is 25.1 Å². The molecule has 0 spiro atoms. The lowest BCUT2D eigenvalue weighted by atomic mass is 10.1. The fraction of sp³-hybridized carbons (Fsp3) is 0.250. The average molecular weight is 287 g/mol. The molecular weight excluding hydrogens is 275 g/mol. The van der Waals surface area contributed by atoms with E-state index in [1.807, 2.05) is 12.3 Å². The molecule has 0 saturated heterocycles. The SMILES string of the molecule is Cc1csc(CNc2ccc(N)cc2C(F)(F)F)n1. The van der Waals surface area contributed by atoms with Crippen LogP contribution in [0.1, 0.15) is 16.3 Å². The van der Waals surface area contributed by atoms with Crippen LogP contribution in [0.2, 0.25) is 0 Å². The molecule has 3 N–H and O–H groups in total. The van der Waals surface area contributed by atoms with Crippen molar-refractivity contribution in [2.24, 2.45) is 0 Å². The zero-order valence-corrected chi connectivity index (χ0v) is 10.9. The maximum absolute atomic E-state index is 12.8. The first-order valence-electron chi connectivity index (χ1n) is 5.48. The van der Waals surface area contributed by atoms with E-state index < -0.39 is 11.7 Å². The maximum atomic E-state index is 12.8. The Labute approximate surface area is 112 Å². The Morgan fingerprint density at radius 3 is 2.68 bits per heavy atom. The zero-order chi connectivity index (χ0) is 14.0. The van der Waals surface area contributed by atoms with E-state index >= 15 is 0 Å². The number of nitrogens with zero attached hydrogens (tertiary/aromatic N) is 1. The first kappa shape index (κ1) is 13.7. The quantitative estimate of drug-likeness (QED) is 0.847. The van der Waals surface area contributed by atoms with Crippen LogP contribution in [-0.2, 0) is 12.7 Å². The predicted molar refractivity (Wildman–Crippen MR) is 70.0 cm³/mol. The number of rotatable bonds is 3. The summed E-state index contributed by atoms with van der Waals surface area (Å²) >= 11 is 1.41. The van der Waals surface area contributed by atoms with E-state index in [0.717, 1.165) is 16.8 Å². The van der Waals surface area contributed by atoms with E-state index in [4.69, 9.17) is 5.73 Å². The van der Waals surface area contributed by atoms with Crippen LogP contribution in [0, 0.1) is 6.92 Å². The summed E-state index contributed by atoms with van der Waals surface area (Å²) in [6.07, 6.45) is -4.43. The molecule has 1 aromatic heterocycles. The molecule has 7 heteroatoms. The summed E-state index contributed by atoms with van der Waals surface area (Å²) in [5, 5.41) is 5.34. The van der Waals surface area contributed by atoms with Crippen LogP contribution in [0.25, 0.3) is 0 Å². The van der Waals surface area contributed by atoms with Gasteiger partial charge < -0.3 is 11.1 Å². The smallest absolute Gasteiger partial charge is 0.399 e. The second-order valence-corrected chi connectivity index (χ2v) is 4.98. The van der Waals surface area contributed by atoms with Gasteiger partial charge in [0.2, 0.25) is 0 Å². The van der Waals surface area contributed by atoms with Gasteiger partial charge in [0.15, 0.2) is 0 Å². The van der Waals surface area contributed by atoms with Crippen LogP contribution >= 0.6 is 11.3 Å². The fourth-order valence-corrected chi connectivity index (χ4v) is 2.32. The van der Waals surface area contributed by atoms with Gasteiger partial charge in [-0.3, -0.25) is 0 Å². The average Bonchev–Trinajstić information content (AvgIpc) is 2.72. The minimum Gasteiger partial charge on any atom is -0.399 e. The summed E-state index contributed by atoms with van der Waals surface area (Å²) in [7, 11) is 0. The summed E-state index contributed by atoms with van der Waals surface area (Å²) in [5.74, 6) is 0. The van der Waals surface area contributed by atoms with Gasteiger partial charge in [0, 0.05) is 22.4 Å². The van der Waals surface area contributed by atoms with Gasteiger partial charge in [0.05, 0.1) is 12.1 Å². The van der Waals surface area contributed by atoms with Crippen molar-refractivity contribution in [3.8, 4) is 0 Å². The van der Waals surface area contributed by atoms with Crippen LogP contribution in [0.5, 0.6) is 0 Å². The van der Waals surface area contributed by atoms with E-state index in [1.54, 1.807) is 0 Å². The molecule has 1 aromatic carbocycles. The Bertz CT molecular complexity index is 578. The normalized spacial score (nSPS) is 11.6. The first-order valence-corrected chi connectivity index (χ1v) is 6.36. The summed E-state index contributed by atoms with van der Waals surface area (Å²) in [5.41, 5.74) is 5.59. The van der Waals surface area contributed by atoms with Crippen molar-refractivity contribution >= 4 is 22.7 Å². The van der Waals surface area contributed by atoms with Crippen molar-refractivity contribution in [1.82, 2.24) is 4.98 Å². The molecule has 102 valence electrons. The number of aryl methyl sites for hydroxylation is 1. The van der Waals surface area contributed by atoms with E-state index in [0.29, 0.717) is 0 Å². The molecule has 0 aliphatic rings. The summed E-state index contributed by atoms with van der Waals surface area (Å²) < 4.78 is 38.5. The molecule has 0 atom stereocenters. The van der Waals surface area contributed by atoms with Gasteiger partial charge in [-0.15, -0.1) is 11.3 Å². The molecule has 1 heterocycles. The summed E-state index contributed by atoms with van der Waals surface area (Å²) in [6, 6.07) is 3.69. The number of alkyl halides is 3. The lowest BCUT2D eigenvalue weighted by Gasteiger charge is -2.14. The zero-order valence-electron chi connectivity index (χ0n) is 10.1. The van der Waals surface area contributed by atoms with Crippen LogP contribution in [0.3, 0.4) is 0 Å². The topological polar surface area (TPSA) is 50.9 Å². The lowest BCUT2D eigenvalue weighted by molar-refractivity contribution is -0.136. The second-order valence-electron chi connectivity index (χ2n) is 4.04. The third-order valence-electron chi connectivity index (χ3n) is 2.45. The number of nitrogens with one attached hydrogen (secondary N) is 1. The Morgan fingerprint density at radius 2 is 2.11 bits per heavy atom. The Hall–Kier alpha value is -1.76. The van der Waals surface area contributed by atoms with Crippen molar-refractivity contribution in [1.29, 1.82) is 0 Å². The number of hydrogen-bond acceptors (Lipinski definition) is 4. The molecule has 0 saturated carbocycles. The van der Waals surface area contributed by atoms with Crippen LogP contribution in [0.15, 0.2) is 23.6 Å². The molecule has 0 bridgehead atoms. The predicted octanol–water partition coefficient (Wildman–Crippen LogP) is 3.66. The highest BCUT2D eigenvalue weighted by Crippen LogP contribution is 2.36. The number of benzene rings is 1. The van der Waals surface area contributed by atoms with Gasteiger partial charge in [-0.1, -0.05) is 0 Å². The van der Waals surface area contributed by atoms with Crippen molar-refractivity contribution in [3.05, 3.63) is 39.8 Å². The second kappa shape index (κ2) is 5.08. The van der Waals surface area contributed by atoms with E-state index in [9.17, 15) is 13.2 Å². The van der Waals surface area contributed by atoms with Gasteiger partial charge in [-0.25, -0.2) is 4.98 Å². The van der Waals surface area contributed by atoms with Gasteiger partial charge in [0.25, 0.3) is 0 Å². The van der Waals surface area contributed by atoms with E-state index in [2.05, 4.69) is 10.3 Å². The molecule has 0 amide bonds. The Morgan fingerprint density at radius 1 is 1.37 bits per heavy atom. The molecule has 2 rings (SSSR count). The number of anilines is 2. The monoisotopic (exact) mass is 287 g/mol. The minimum atomic E-state index is -4.43. The van der Waals surface area contributed by atoms with Gasteiger partial charge in [-0.2, -0.15) is 13.2 Å². The summed E-state index contributed by atoms with van der Waals surface area (Å²) in [6.45, 7) is 2.09. The molecule has 0 aliphatic heterocycles. The molecule has 0 fully saturated rings. The number of hydrogen-bond donors (Lipinski definition) is 2.